The molecule has 0 spiro atoms. The van der Waals surface area contributed by atoms with Gasteiger partial charge < -0.3 is 4.74 Å². The van der Waals surface area contributed by atoms with Gasteiger partial charge in [0, 0.05) is 28.4 Å². The molecule has 2 nitrogen and oxygen atoms in total. The molecule has 0 aliphatic rings. The summed E-state index contributed by atoms with van der Waals surface area (Å²) in [6.07, 6.45) is 3.79. The highest BCUT2D eigenvalue weighted by Crippen LogP contribution is 2.32. The maximum Gasteiger partial charge on any atom is 0.128 e. The van der Waals surface area contributed by atoms with E-state index >= 15 is 0 Å². The van der Waals surface area contributed by atoms with Crippen LogP contribution in [0.3, 0.4) is 0 Å². The van der Waals surface area contributed by atoms with Gasteiger partial charge in [-0.3, -0.25) is 4.98 Å². The number of methoxy groups -OCH3 is 1. The molecule has 0 aliphatic carbocycles. The molecule has 0 amide bonds. The number of halogens is 1. The lowest BCUT2D eigenvalue weighted by molar-refractivity contribution is 0.326. The van der Waals surface area contributed by atoms with Crippen molar-refractivity contribution >= 4 is 11.6 Å². The zero-order valence-corrected chi connectivity index (χ0v) is 13.1. The van der Waals surface area contributed by atoms with E-state index in [2.05, 4.69) is 25.8 Å². The molecule has 0 saturated heterocycles. The normalized spacial score (nSPS) is 13.5. The summed E-state index contributed by atoms with van der Waals surface area (Å²) in [4.78, 5) is 4.56. The van der Waals surface area contributed by atoms with Crippen LogP contribution in [0.1, 0.15) is 44.0 Å². The van der Waals surface area contributed by atoms with Gasteiger partial charge in [-0.2, -0.15) is 0 Å². The van der Waals surface area contributed by atoms with Crippen LogP contribution >= 0.6 is 11.6 Å². The molecule has 1 rings (SSSR count). The summed E-state index contributed by atoms with van der Waals surface area (Å²) in [6, 6.07) is 0. The lowest BCUT2D eigenvalue weighted by atomic mass is 9.82. The molecule has 1 aromatic heterocycles. The summed E-state index contributed by atoms with van der Waals surface area (Å²) >= 11 is 6.11. The average Bonchev–Trinajstić information content (AvgIpc) is 2.21. The van der Waals surface area contributed by atoms with Gasteiger partial charge in [-0.25, -0.2) is 0 Å². The fourth-order valence-electron chi connectivity index (χ4n) is 2.54. The fraction of sp³-hybridized carbons (Fsp3) is 0.667. The Morgan fingerprint density at radius 2 is 2.00 bits per heavy atom. The molecule has 0 aromatic carbocycles. The van der Waals surface area contributed by atoms with Crippen LogP contribution in [0.4, 0.5) is 0 Å². The Hall–Kier alpha value is -0.760. The Balaban J connectivity index is 2.98. The Kier molecular flexibility index (Phi) is 5.03. The number of aromatic nitrogens is 1. The summed E-state index contributed by atoms with van der Waals surface area (Å²) in [5.41, 5.74) is 3.49. The van der Waals surface area contributed by atoms with Crippen molar-refractivity contribution in [3.05, 3.63) is 23.0 Å². The minimum Gasteiger partial charge on any atom is -0.496 e. The minimum absolute atomic E-state index is 0.152. The van der Waals surface area contributed by atoms with Crippen LogP contribution in [0, 0.1) is 19.3 Å². The molecular formula is C15H24ClNO. The van der Waals surface area contributed by atoms with Crippen LogP contribution in [0.2, 0.25) is 0 Å². The molecule has 102 valence electrons. The predicted molar refractivity (Wildman–Crippen MR) is 77.7 cm³/mol. The van der Waals surface area contributed by atoms with E-state index in [1.54, 1.807) is 7.11 Å². The van der Waals surface area contributed by atoms with Gasteiger partial charge in [0.2, 0.25) is 0 Å². The molecule has 1 aromatic rings. The first-order valence-electron chi connectivity index (χ1n) is 6.40. The van der Waals surface area contributed by atoms with Gasteiger partial charge in [-0.15, -0.1) is 11.6 Å². The van der Waals surface area contributed by atoms with Crippen LogP contribution in [0.5, 0.6) is 5.75 Å². The van der Waals surface area contributed by atoms with E-state index in [0.29, 0.717) is 0 Å². The number of aryl methyl sites for hydroxylation is 1. The van der Waals surface area contributed by atoms with Gasteiger partial charge in [-0.05, 0) is 39.0 Å². The Bertz CT molecular complexity index is 413. The second kappa shape index (κ2) is 5.92. The van der Waals surface area contributed by atoms with Gasteiger partial charge in [0.05, 0.1) is 7.11 Å². The highest BCUT2D eigenvalue weighted by molar-refractivity contribution is 6.20. The molecule has 3 heteroatoms. The van der Waals surface area contributed by atoms with E-state index in [4.69, 9.17) is 16.3 Å². The van der Waals surface area contributed by atoms with Crippen molar-refractivity contribution in [2.45, 2.75) is 52.8 Å². The topological polar surface area (TPSA) is 22.1 Å². The van der Waals surface area contributed by atoms with E-state index < -0.39 is 0 Å². The second-order valence-electron chi connectivity index (χ2n) is 5.87. The van der Waals surface area contributed by atoms with Crippen LogP contribution in [-0.4, -0.2) is 17.5 Å². The molecule has 0 aliphatic heterocycles. The van der Waals surface area contributed by atoms with Crippen LogP contribution in [0.15, 0.2) is 6.20 Å². The fourth-order valence-corrected chi connectivity index (χ4v) is 2.95. The molecule has 0 N–H and O–H groups in total. The van der Waals surface area contributed by atoms with Gasteiger partial charge in [0.15, 0.2) is 0 Å². The summed E-state index contributed by atoms with van der Waals surface area (Å²) in [5.74, 6) is 0.953. The third kappa shape index (κ3) is 3.88. The SMILES string of the molecule is COc1c(C)cnc(CC(C)(C)CC(C)Cl)c1C. The van der Waals surface area contributed by atoms with Crippen LogP contribution < -0.4 is 4.74 Å². The van der Waals surface area contributed by atoms with Gasteiger partial charge in [0.25, 0.3) is 0 Å². The van der Waals surface area contributed by atoms with Crippen molar-refractivity contribution in [2.24, 2.45) is 5.41 Å². The first-order valence-corrected chi connectivity index (χ1v) is 6.83. The van der Waals surface area contributed by atoms with E-state index in [9.17, 15) is 0 Å². The summed E-state index contributed by atoms with van der Waals surface area (Å²) in [6.45, 7) is 10.6. The Labute approximate surface area is 116 Å². The molecule has 1 heterocycles. The highest BCUT2D eigenvalue weighted by atomic mass is 35.5. The van der Waals surface area contributed by atoms with E-state index in [-0.39, 0.29) is 10.8 Å². The van der Waals surface area contributed by atoms with E-state index in [0.717, 1.165) is 35.4 Å². The van der Waals surface area contributed by atoms with Crippen LogP contribution in [0.25, 0.3) is 0 Å². The number of ether oxygens (including phenoxy) is 1. The quantitative estimate of drug-likeness (QED) is 0.744. The zero-order chi connectivity index (χ0) is 13.9. The van der Waals surface area contributed by atoms with E-state index in [1.165, 1.54) is 0 Å². The van der Waals surface area contributed by atoms with Crippen molar-refractivity contribution < 1.29 is 4.74 Å². The van der Waals surface area contributed by atoms with Crippen LogP contribution in [-0.2, 0) is 6.42 Å². The van der Waals surface area contributed by atoms with E-state index in [1.807, 2.05) is 20.0 Å². The molecule has 0 fully saturated rings. The standard InChI is InChI=1S/C15H24ClNO/c1-10-9-17-13(12(3)14(10)18-6)8-15(4,5)7-11(2)16/h9,11H,7-8H2,1-6H3. The molecule has 0 radical (unpaired) electrons. The largest absolute Gasteiger partial charge is 0.496 e. The molecule has 0 saturated carbocycles. The first-order chi connectivity index (χ1) is 8.26. The lowest BCUT2D eigenvalue weighted by Gasteiger charge is -2.26. The highest BCUT2D eigenvalue weighted by Gasteiger charge is 2.23. The van der Waals surface area contributed by atoms with Crippen molar-refractivity contribution in [1.29, 1.82) is 0 Å². The van der Waals surface area contributed by atoms with Crippen molar-refractivity contribution in [2.75, 3.05) is 7.11 Å². The number of hydrogen-bond acceptors (Lipinski definition) is 2. The maximum atomic E-state index is 6.11. The third-order valence-corrected chi connectivity index (χ3v) is 3.38. The zero-order valence-electron chi connectivity index (χ0n) is 12.3. The lowest BCUT2D eigenvalue weighted by Crippen LogP contribution is -2.20. The number of pyridine rings is 1. The maximum absolute atomic E-state index is 6.11. The molecule has 1 atom stereocenters. The molecular weight excluding hydrogens is 246 g/mol. The predicted octanol–water partition coefficient (Wildman–Crippen LogP) is 4.29. The average molecular weight is 270 g/mol. The summed E-state index contributed by atoms with van der Waals surface area (Å²) < 4.78 is 5.45. The Morgan fingerprint density at radius 1 is 1.39 bits per heavy atom. The minimum atomic E-state index is 0.152. The Morgan fingerprint density at radius 3 is 2.50 bits per heavy atom. The smallest absolute Gasteiger partial charge is 0.128 e. The van der Waals surface area contributed by atoms with Crippen molar-refractivity contribution in [1.82, 2.24) is 4.98 Å². The van der Waals surface area contributed by atoms with Gasteiger partial charge in [0.1, 0.15) is 5.75 Å². The third-order valence-electron chi connectivity index (χ3n) is 3.23. The summed E-state index contributed by atoms with van der Waals surface area (Å²) in [7, 11) is 1.71. The molecule has 1 unspecified atom stereocenters. The van der Waals surface area contributed by atoms with Gasteiger partial charge >= 0.3 is 0 Å². The van der Waals surface area contributed by atoms with Crippen molar-refractivity contribution in [3.63, 3.8) is 0 Å². The molecule has 0 bridgehead atoms. The number of rotatable bonds is 5. The molecule has 18 heavy (non-hydrogen) atoms. The number of hydrogen-bond donors (Lipinski definition) is 0. The van der Waals surface area contributed by atoms with Crippen molar-refractivity contribution in [3.8, 4) is 5.75 Å². The number of nitrogens with zero attached hydrogens (tertiary/aromatic N) is 1. The summed E-state index contributed by atoms with van der Waals surface area (Å²) in [5, 5.41) is 0.188. The first kappa shape index (κ1) is 15.3. The number of alkyl halides is 1. The van der Waals surface area contributed by atoms with Gasteiger partial charge in [-0.1, -0.05) is 13.8 Å². The monoisotopic (exact) mass is 269 g/mol. The second-order valence-corrected chi connectivity index (χ2v) is 6.62.